The zero-order valence-electron chi connectivity index (χ0n) is 9.16. The van der Waals surface area contributed by atoms with Crippen molar-refractivity contribution in [1.82, 2.24) is 9.97 Å². The number of unbranched alkanes of at least 4 members (excludes halogenated alkanes) is 1. The highest BCUT2D eigenvalue weighted by molar-refractivity contribution is 6.29. The normalized spacial score (nSPS) is 14.8. The van der Waals surface area contributed by atoms with E-state index in [9.17, 15) is 0 Å². The minimum Gasteiger partial charge on any atom is -0.478 e. The van der Waals surface area contributed by atoms with Crippen molar-refractivity contribution in [1.29, 1.82) is 0 Å². The minimum absolute atomic E-state index is 0.468. The van der Waals surface area contributed by atoms with Crippen LogP contribution < -0.4 is 4.74 Å². The zero-order valence-corrected chi connectivity index (χ0v) is 9.91. The van der Waals surface area contributed by atoms with Crippen molar-refractivity contribution in [3.8, 4) is 5.88 Å². The summed E-state index contributed by atoms with van der Waals surface area (Å²) in [6, 6.07) is 1.67. The lowest BCUT2D eigenvalue weighted by Crippen LogP contribution is -2.02. The van der Waals surface area contributed by atoms with Gasteiger partial charge in [0.2, 0.25) is 5.88 Å². The maximum absolute atomic E-state index is 5.91. The third-order valence-corrected chi connectivity index (χ3v) is 2.63. The summed E-state index contributed by atoms with van der Waals surface area (Å²) in [5.41, 5.74) is 0. The lowest BCUT2D eigenvalue weighted by atomic mass is 10.3. The highest BCUT2D eigenvalue weighted by Gasteiger charge is 2.27. The molecule has 1 saturated carbocycles. The maximum atomic E-state index is 5.91. The summed E-state index contributed by atoms with van der Waals surface area (Å²) < 4.78 is 5.52. The Hall–Kier alpha value is -1.09. The van der Waals surface area contributed by atoms with Gasteiger partial charge in [0, 0.05) is 12.0 Å². The first-order valence-corrected chi connectivity index (χ1v) is 5.95. The molecule has 86 valence electrons. The lowest BCUT2D eigenvalue weighted by Gasteiger charge is -2.06. The fourth-order valence-corrected chi connectivity index (χ4v) is 1.60. The molecular weight excluding hydrogens is 224 g/mol. The van der Waals surface area contributed by atoms with E-state index in [4.69, 9.17) is 16.3 Å². The van der Waals surface area contributed by atoms with Gasteiger partial charge in [-0.05, 0) is 25.7 Å². The molecule has 0 N–H and O–H groups in total. The van der Waals surface area contributed by atoms with Crippen molar-refractivity contribution < 1.29 is 4.74 Å². The molecule has 2 rings (SSSR count). The SMILES string of the molecule is C=CCCCOc1cc(Cl)nc(C2CC2)n1. The maximum Gasteiger partial charge on any atom is 0.218 e. The van der Waals surface area contributed by atoms with Gasteiger partial charge in [0.05, 0.1) is 6.61 Å². The van der Waals surface area contributed by atoms with Crippen molar-refractivity contribution in [2.45, 2.75) is 31.6 Å². The fraction of sp³-hybridized carbons (Fsp3) is 0.500. The van der Waals surface area contributed by atoms with Crippen molar-refractivity contribution in [2.24, 2.45) is 0 Å². The predicted octanol–water partition coefficient (Wildman–Crippen LogP) is 3.35. The van der Waals surface area contributed by atoms with Crippen LogP contribution in [0.25, 0.3) is 0 Å². The van der Waals surface area contributed by atoms with Crippen LogP contribution in [0.3, 0.4) is 0 Å². The zero-order chi connectivity index (χ0) is 11.4. The predicted molar refractivity (Wildman–Crippen MR) is 63.9 cm³/mol. The highest BCUT2D eigenvalue weighted by Crippen LogP contribution is 2.38. The number of allylic oxidation sites excluding steroid dienone is 1. The molecule has 1 aliphatic carbocycles. The molecule has 0 bridgehead atoms. The molecule has 0 amide bonds. The Morgan fingerprint density at radius 2 is 2.31 bits per heavy atom. The van der Waals surface area contributed by atoms with Gasteiger partial charge in [-0.3, -0.25) is 0 Å². The van der Waals surface area contributed by atoms with Crippen LogP contribution in [0.5, 0.6) is 5.88 Å². The second-order valence-corrected chi connectivity index (χ2v) is 4.33. The van der Waals surface area contributed by atoms with Crippen LogP contribution in [0.15, 0.2) is 18.7 Å². The average Bonchev–Trinajstić information content (AvgIpc) is 3.07. The van der Waals surface area contributed by atoms with Crippen molar-refractivity contribution in [3.63, 3.8) is 0 Å². The van der Waals surface area contributed by atoms with Crippen LogP contribution in [-0.4, -0.2) is 16.6 Å². The molecule has 1 fully saturated rings. The van der Waals surface area contributed by atoms with E-state index in [1.54, 1.807) is 6.07 Å². The van der Waals surface area contributed by atoms with E-state index in [2.05, 4.69) is 16.5 Å². The molecule has 4 heteroatoms. The van der Waals surface area contributed by atoms with Gasteiger partial charge >= 0.3 is 0 Å². The number of halogens is 1. The van der Waals surface area contributed by atoms with E-state index >= 15 is 0 Å². The first-order valence-electron chi connectivity index (χ1n) is 5.58. The number of rotatable bonds is 6. The van der Waals surface area contributed by atoms with Gasteiger partial charge in [-0.25, -0.2) is 4.98 Å². The second kappa shape index (κ2) is 5.30. The summed E-state index contributed by atoms with van der Waals surface area (Å²) >= 11 is 5.91. The van der Waals surface area contributed by atoms with E-state index in [1.165, 1.54) is 0 Å². The number of hydrogen-bond acceptors (Lipinski definition) is 3. The topological polar surface area (TPSA) is 35.0 Å². The molecule has 0 aliphatic heterocycles. The third-order valence-electron chi connectivity index (χ3n) is 2.43. The summed E-state index contributed by atoms with van der Waals surface area (Å²) in [5.74, 6) is 1.91. The molecule has 1 aromatic heterocycles. The first-order chi connectivity index (χ1) is 7.79. The molecular formula is C12H15ClN2O. The average molecular weight is 239 g/mol. The number of ether oxygens (including phenoxy) is 1. The lowest BCUT2D eigenvalue weighted by molar-refractivity contribution is 0.298. The number of nitrogens with zero attached hydrogens (tertiary/aromatic N) is 2. The standard InChI is InChI=1S/C12H15ClN2O/c1-2-3-4-7-16-11-8-10(13)14-12(15-11)9-5-6-9/h2,8-9H,1,3-7H2. The van der Waals surface area contributed by atoms with Gasteiger partial charge in [0.15, 0.2) is 0 Å². The van der Waals surface area contributed by atoms with Gasteiger partial charge in [-0.15, -0.1) is 6.58 Å². The van der Waals surface area contributed by atoms with Gasteiger partial charge in [0.1, 0.15) is 11.0 Å². The summed E-state index contributed by atoms with van der Waals surface area (Å²) in [6.07, 6.45) is 6.11. The van der Waals surface area contributed by atoms with Crippen molar-refractivity contribution in [2.75, 3.05) is 6.61 Å². The van der Waals surface area contributed by atoms with Gasteiger partial charge in [0.25, 0.3) is 0 Å². The Morgan fingerprint density at radius 1 is 1.50 bits per heavy atom. The largest absolute Gasteiger partial charge is 0.478 e. The van der Waals surface area contributed by atoms with Gasteiger partial charge in [-0.2, -0.15) is 4.98 Å². The Labute approximate surface area is 101 Å². The highest BCUT2D eigenvalue weighted by atomic mass is 35.5. The van der Waals surface area contributed by atoms with Gasteiger partial charge in [-0.1, -0.05) is 17.7 Å². The molecule has 3 nitrogen and oxygen atoms in total. The molecule has 0 unspecified atom stereocenters. The fourth-order valence-electron chi connectivity index (χ4n) is 1.42. The Bertz CT molecular complexity index is 377. The molecule has 1 heterocycles. The van der Waals surface area contributed by atoms with E-state index in [1.807, 2.05) is 6.08 Å². The molecule has 0 atom stereocenters. The number of aromatic nitrogens is 2. The quantitative estimate of drug-likeness (QED) is 0.433. The monoisotopic (exact) mass is 238 g/mol. The van der Waals surface area contributed by atoms with E-state index in [-0.39, 0.29) is 0 Å². The molecule has 0 radical (unpaired) electrons. The van der Waals surface area contributed by atoms with Crippen LogP contribution >= 0.6 is 11.6 Å². The summed E-state index contributed by atoms with van der Waals surface area (Å²) in [5, 5.41) is 0.468. The van der Waals surface area contributed by atoms with E-state index in [0.29, 0.717) is 23.6 Å². The number of hydrogen-bond donors (Lipinski definition) is 0. The Balaban J connectivity index is 1.94. The first kappa shape index (κ1) is 11.4. The summed E-state index contributed by atoms with van der Waals surface area (Å²) in [4.78, 5) is 8.55. The minimum atomic E-state index is 0.468. The Kier molecular flexibility index (Phi) is 3.78. The molecule has 16 heavy (non-hydrogen) atoms. The van der Waals surface area contributed by atoms with Crippen LogP contribution in [-0.2, 0) is 0 Å². The third kappa shape index (κ3) is 3.20. The van der Waals surface area contributed by atoms with Crippen LogP contribution in [0.2, 0.25) is 5.15 Å². The summed E-state index contributed by atoms with van der Waals surface area (Å²) in [6.45, 7) is 4.30. The molecule has 0 spiro atoms. The molecule has 1 aromatic rings. The molecule has 0 saturated heterocycles. The Morgan fingerprint density at radius 3 is 3.00 bits per heavy atom. The smallest absolute Gasteiger partial charge is 0.218 e. The summed E-state index contributed by atoms with van der Waals surface area (Å²) in [7, 11) is 0. The molecule has 1 aliphatic rings. The second-order valence-electron chi connectivity index (χ2n) is 3.94. The van der Waals surface area contributed by atoms with E-state index < -0.39 is 0 Å². The van der Waals surface area contributed by atoms with Crippen LogP contribution in [0.1, 0.15) is 37.4 Å². The van der Waals surface area contributed by atoms with Crippen LogP contribution in [0.4, 0.5) is 0 Å². The van der Waals surface area contributed by atoms with Crippen molar-refractivity contribution in [3.05, 3.63) is 29.7 Å². The van der Waals surface area contributed by atoms with E-state index in [0.717, 1.165) is 31.5 Å². The van der Waals surface area contributed by atoms with Crippen LogP contribution in [0, 0.1) is 0 Å². The van der Waals surface area contributed by atoms with Crippen molar-refractivity contribution >= 4 is 11.6 Å². The molecule has 0 aromatic carbocycles. The van der Waals surface area contributed by atoms with Gasteiger partial charge < -0.3 is 4.74 Å².